The molecule has 2 aromatic rings. The number of aromatic nitrogens is 1. The number of halogens is 1. The third-order valence-corrected chi connectivity index (χ3v) is 4.49. The van der Waals surface area contributed by atoms with Gasteiger partial charge in [-0.05, 0) is 37.1 Å². The standard InChI is InChI=1S/C19H22FN3O2/c20-16-12-14(23-18(24)19(21)9-3-1-4-10-19)7-8-17(16)25-13-15-6-2-5-11-22-15/h2,5-8,11-12H,1,3-4,9-10,13,21H2,(H,23,24). The normalized spacial score (nSPS) is 16.2. The molecule has 1 aliphatic carbocycles. The topological polar surface area (TPSA) is 77.2 Å². The van der Waals surface area contributed by atoms with Gasteiger partial charge in [-0.3, -0.25) is 9.78 Å². The van der Waals surface area contributed by atoms with Gasteiger partial charge in [-0.2, -0.15) is 0 Å². The van der Waals surface area contributed by atoms with Crippen molar-refractivity contribution in [3.63, 3.8) is 0 Å². The third-order valence-electron chi connectivity index (χ3n) is 4.49. The molecule has 0 atom stereocenters. The number of nitrogens with one attached hydrogen (secondary N) is 1. The van der Waals surface area contributed by atoms with Gasteiger partial charge in [-0.25, -0.2) is 4.39 Å². The van der Waals surface area contributed by atoms with Crippen LogP contribution in [-0.2, 0) is 11.4 Å². The molecule has 1 aromatic carbocycles. The Hall–Kier alpha value is -2.47. The van der Waals surface area contributed by atoms with Crippen LogP contribution in [0.5, 0.6) is 5.75 Å². The second-order valence-electron chi connectivity index (χ2n) is 6.43. The summed E-state index contributed by atoms with van der Waals surface area (Å²) in [6.45, 7) is 0.176. The van der Waals surface area contributed by atoms with Gasteiger partial charge in [0.05, 0.1) is 11.2 Å². The molecule has 5 nitrogen and oxygen atoms in total. The highest BCUT2D eigenvalue weighted by Crippen LogP contribution is 2.28. The first-order valence-corrected chi connectivity index (χ1v) is 8.49. The van der Waals surface area contributed by atoms with Crippen LogP contribution < -0.4 is 15.8 Å². The lowest BCUT2D eigenvalue weighted by Gasteiger charge is -2.31. The third kappa shape index (κ3) is 4.33. The summed E-state index contributed by atoms with van der Waals surface area (Å²) in [5.41, 5.74) is 6.42. The minimum absolute atomic E-state index is 0.115. The fourth-order valence-electron chi connectivity index (χ4n) is 3.00. The van der Waals surface area contributed by atoms with Gasteiger partial charge in [-0.1, -0.05) is 25.3 Å². The average Bonchev–Trinajstić information content (AvgIpc) is 2.62. The molecule has 1 heterocycles. The lowest BCUT2D eigenvalue weighted by Crippen LogP contribution is -2.52. The Kier molecular flexibility index (Phi) is 5.28. The molecule has 0 aliphatic heterocycles. The number of pyridine rings is 1. The summed E-state index contributed by atoms with van der Waals surface area (Å²) < 4.78 is 19.7. The Labute approximate surface area is 146 Å². The Morgan fingerprint density at radius 3 is 2.72 bits per heavy atom. The van der Waals surface area contributed by atoms with Crippen LogP contribution in [0.2, 0.25) is 0 Å². The number of anilines is 1. The monoisotopic (exact) mass is 343 g/mol. The first kappa shape index (κ1) is 17.4. The van der Waals surface area contributed by atoms with Crippen LogP contribution in [0.25, 0.3) is 0 Å². The van der Waals surface area contributed by atoms with Crippen molar-refractivity contribution in [3.05, 3.63) is 54.1 Å². The van der Waals surface area contributed by atoms with E-state index in [1.807, 2.05) is 6.07 Å². The summed E-state index contributed by atoms with van der Waals surface area (Å²) in [6.07, 6.45) is 5.96. The maximum Gasteiger partial charge on any atom is 0.244 e. The van der Waals surface area contributed by atoms with Crippen molar-refractivity contribution in [2.24, 2.45) is 5.73 Å². The van der Waals surface area contributed by atoms with Gasteiger partial charge in [-0.15, -0.1) is 0 Å². The Morgan fingerprint density at radius 2 is 2.04 bits per heavy atom. The highest BCUT2D eigenvalue weighted by Gasteiger charge is 2.35. The van der Waals surface area contributed by atoms with Crippen molar-refractivity contribution in [1.82, 2.24) is 4.98 Å². The summed E-state index contributed by atoms with van der Waals surface area (Å²) in [7, 11) is 0. The van der Waals surface area contributed by atoms with E-state index in [-0.39, 0.29) is 18.3 Å². The summed E-state index contributed by atoms with van der Waals surface area (Å²) in [4.78, 5) is 16.5. The fraction of sp³-hybridized carbons (Fsp3) is 0.368. The molecule has 25 heavy (non-hydrogen) atoms. The first-order chi connectivity index (χ1) is 12.1. The molecule has 0 radical (unpaired) electrons. The zero-order chi connectivity index (χ0) is 17.7. The number of nitrogens with zero attached hydrogens (tertiary/aromatic N) is 1. The van der Waals surface area contributed by atoms with Crippen molar-refractivity contribution >= 4 is 11.6 Å². The molecule has 0 bridgehead atoms. The predicted octanol–water partition coefficient (Wildman–Crippen LogP) is 3.40. The molecular weight excluding hydrogens is 321 g/mol. The maximum atomic E-state index is 14.2. The zero-order valence-electron chi connectivity index (χ0n) is 14.0. The SMILES string of the molecule is NC1(C(=O)Nc2ccc(OCc3ccccn3)c(F)c2)CCCCC1. The molecule has 1 fully saturated rings. The van der Waals surface area contributed by atoms with E-state index in [0.717, 1.165) is 19.3 Å². The predicted molar refractivity (Wildman–Crippen MR) is 93.6 cm³/mol. The molecule has 1 saturated carbocycles. The summed E-state index contributed by atoms with van der Waals surface area (Å²) in [5.74, 6) is -0.680. The van der Waals surface area contributed by atoms with Crippen LogP contribution in [0.4, 0.5) is 10.1 Å². The second-order valence-corrected chi connectivity index (χ2v) is 6.43. The molecule has 1 aliphatic rings. The van der Waals surface area contributed by atoms with Crippen molar-refractivity contribution in [2.45, 2.75) is 44.2 Å². The van der Waals surface area contributed by atoms with Crippen molar-refractivity contribution in [2.75, 3.05) is 5.32 Å². The van der Waals surface area contributed by atoms with Crippen LogP contribution >= 0.6 is 0 Å². The number of carbonyl (C=O) groups excluding carboxylic acids is 1. The van der Waals surface area contributed by atoms with Crippen LogP contribution in [0.15, 0.2) is 42.6 Å². The molecule has 3 N–H and O–H groups in total. The van der Waals surface area contributed by atoms with Crippen molar-refractivity contribution < 1.29 is 13.9 Å². The van der Waals surface area contributed by atoms with Gasteiger partial charge in [0.2, 0.25) is 5.91 Å². The molecule has 0 saturated heterocycles. The van der Waals surface area contributed by atoms with E-state index in [1.165, 1.54) is 12.1 Å². The van der Waals surface area contributed by atoms with E-state index in [0.29, 0.717) is 24.2 Å². The van der Waals surface area contributed by atoms with Gasteiger partial charge in [0.25, 0.3) is 0 Å². The molecule has 0 unspecified atom stereocenters. The van der Waals surface area contributed by atoms with Crippen LogP contribution in [0, 0.1) is 5.82 Å². The maximum absolute atomic E-state index is 14.2. The minimum atomic E-state index is -0.858. The number of benzene rings is 1. The number of hydrogen-bond donors (Lipinski definition) is 2. The molecule has 1 amide bonds. The van der Waals surface area contributed by atoms with Gasteiger partial charge < -0.3 is 15.8 Å². The van der Waals surface area contributed by atoms with Gasteiger partial charge in [0.1, 0.15) is 6.61 Å². The van der Waals surface area contributed by atoms with E-state index >= 15 is 0 Å². The lowest BCUT2D eigenvalue weighted by atomic mass is 9.82. The van der Waals surface area contributed by atoms with E-state index in [2.05, 4.69) is 10.3 Å². The number of rotatable bonds is 5. The second kappa shape index (κ2) is 7.61. The van der Waals surface area contributed by atoms with Gasteiger partial charge >= 0.3 is 0 Å². The van der Waals surface area contributed by atoms with E-state index in [9.17, 15) is 9.18 Å². The van der Waals surface area contributed by atoms with E-state index < -0.39 is 11.4 Å². The van der Waals surface area contributed by atoms with Crippen LogP contribution in [-0.4, -0.2) is 16.4 Å². The molecule has 6 heteroatoms. The first-order valence-electron chi connectivity index (χ1n) is 8.49. The highest BCUT2D eigenvalue weighted by molar-refractivity contribution is 5.98. The molecule has 1 aromatic heterocycles. The largest absolute Gasteiger partial charge is 0.484 e. The number of nitrogens with two attached hydrogens (primary N) is 1. The van der Waals surface area contributed by atoms with Crippen LogP contribution in [0.1, 0.15) is 37.8 Å². The Bertz CT molecular complexity index is 731. The summed E-state index contributed by atoms with van der Waals surface area (Å²) in [5, 5.41) is 2.72. The number of hydrogen-bond acceptors (Lipinski definition) is 4. The zero-order valence-corrected chi connectivity index (χ0v) is 14.0. The van der Waals surface area contributed by atoms with Crippen LogP contribution in [0.3, 0.4) is 0 Å². The number of amides is 1. The smallest absolute Gasteiger partial charge is 0.244 e. The van der Waals surface area contributed by atoms with Crippen molar-refractivity contribution in [3.8, 4) is 5.75 Å². The van der Waals surface area contributed by atoms with E-state index in [1.54, 1.807) is 24.4 Å². The number of carbonyl (C=O) groups is 1. The molecule has 0 spiro atoms. The quantitative estimate of drug-likeness (QED) is 0.872. The Balaban J connectivity index is 1.62. The van der Waals surface area contributed by atoms with E-state index in [4.69, 9.17) is 10.5 Å². The summed E-state index contributed by atoms with van der Waals surface area (Å²) in [6, 6.07) is 9.81. The summed E-state index contributed by atoms with van der Waals surface area (Å²) >= 11 is 0. The minimum Gasteiger partial charge on any atom is -0.484 e. The number of ether oxygens (including phenoxy) is 1. The molecule has 3 rings (SSSR count). The van der Waals surface area contributed by atoms with Gasteiger partial charge in [0, 0.05) is 18.0 Å². The molecule has 132 valence electrons. The van der Waals surface area contributed by atoms with Gasteiger partial charge in [0.15, 0.2) is 11.6 Å². The highest BCUT2D eigenvalue weighted by atomic mass is 19.1. The molecular formula is C19H22FN3O2. The average molecular weight is 343 g/mol. The fourth-order valence-corrected chi connectivity index (χ4v) is 3.00. The Morgan fingerprint density at radius 1 is 1.24 bits per heavy atom. The van der Waals surface area contributed by atoms with Crippen molar-refractivity contribution in [1.29, 1.82) is 0 Å². The lowest BCUT2D eigenvalue weighted by molar-refractivity contribution is -0.122.